The quantitative estimate of drug-likeness (QED) is 0.841. The normalized spacial score (nSPS) is 14.6. The highest BCUT2D eigenvalue weighted by Crippen LogP contribution is 2.27. The largest absolute Gasteiger partial charge is 0.495 e. The molecule has 2 aromatic rings. The van der Waals surface area contributed by atoms with Crippen LogP contribution >= 0.6 is 0 Å². The van der Waals surface area contributed by atoms with Gasteiger partial charge in [0.2, 0.25) is 5.95 Å². The summed E-state index contributed by atoms with van der Waals surface area (Å²) in [6, 6.07) is 9.68. The minimum absolute atomic E-state index is 0.0484. The number of methoxy groups -OCH3 is 1. The van der Waals surface area contributed by atoms with Crippen LogP contribution in [0.2, 0.25) is 0 Å². The van der Waals surface area contributed by atoms with Crippen molar-refractivity contribution >= 4 is 23.5 Å². The van der Waals surface area contributed by atoms with Crippen LogP contribution in [0.5, 0.6) is 5.75 Å². The summed E-state index contributed by atoms with van der Waals surface area (Å²) < 4.78 is 5.37. The highest BCUT2D eigenvalue weighted by Gasteiger charge is 2.22. The minimum atomic E-state index is -0.0484. The lowest BCUT2D eigenvalue weighted by atomic mass is 10.1. The molecule has 1 fully saturated rings. The number of hydrogen-bond acceptors (Lipinski definition) is 6. The lowest BCUT2D eigenvalue weighted by Crippen LogP contribution is -2.47. The van der Waals surface area contributed by atoms with Crippen molar-refractivity contribution in [1.29, 1.82) is 0 Å². The molecule has 0 bridgehead atoms. The second-order valence-electron chi connectivity index (χ2n) is 6.67. The molecule has 1 aromatic heterocycles. The van der Waals surface area contributed by atoms with E-state index in [-0.39, 0.29) is 12.1 Å². The second kappa shape index (κ2) is 8.57. The molecule has 1 aromatic carbocycles. The number of hydrogen-bond donors (Lipinski definition) is 2. The number of piperidine rings is 1. The van der Waals surface area contributed by atoms with Crippen LogP contribution in [0.4, 0.5) is 22.2 Å². The molecular formula is C19H26N6O2. The SMILES string of the molecule is COc1ccccc1Nc1ccnc(N2CCC(NC(=O)N(C)C)CC2)n1. The van der Waals surface area contributed by atoms with Crippen LogP contribution in [-0.4, -0.2) is 61.2 Å². The Morgan fingerprint density at radius 2 is 1.96 bits per heavy atom. The maximum Gasteiger partial charge on any atom is 0.317 e. The van der Waals surface area contributed by atoms with E-state index < -0.39 is 0 Å². The number of urea groups is 1. The van der Waals surface area contributed by atoms with Crippen molar-refractivity contribution in [1.82, 2.24) is 20.2 Å². The third-order valence-corrected chi connectivity index (χ3v) is 4.52. The van der Waals surface area contributed by atoms with E-state index >= 15 is 0 Å². The molecule has 0 saturated carbocycles. The maximum atomic E-state index is 11.8. The number of ether oxygens (including phenoxy) is 1. The van der Waals surface area contributed by atoms with E-state index in [9.17, 15) is 4.79 Å². The molecule has 2 amide bonds. The molecule has 8 nitrogen and oxygen atoms in total. The minimum Gasteiger partial charge on any atom is -0.495 e. The van der Waals surface area contributed by atoms with Gasteiger partial charge in [-0.1, -0.05) is 12.1 Å². The van der Waals surface area contributed by atoms with Crippen LogP contribution < -0.4 is 20.3 Å². The number of carbonyl (C=O) groups excluding carboxylic acids is 1. The molecule has 27 heavy (non-hydrogen) atoms. The summed E-state index contributed by atoms with van der Waals surface area (Å²) in [6.45, 7) is 1.60. The molecule has 1 saturated heterocycles. The van der Waals surface area contributed by atoms with E-state index in [1.165, 1.54) is 0 Å². The van der Waals surface area contributed by atoms with E-state index in [0.717, 1.165) is 37.4 Å². The van der Waals surface area contributed by atoms with Crippen molar-refractivity contribution in [2.45, 2.75) is 18.9 Å². The lowest BCUT2D eigenvalue weighted by Gasteiger charge is -2.33. The topological polar surface area (TPSA) is 82.6 Å². The Morgan fingerprint density at radius 1 is 1.22 bits per heavy atom. The van der Waals surface area contributed by atoms with Gasteiger partial charge in [0.1, 0.15) is 11.6 Å². The number of para-hydroxylation sites is 2. The zero-order chi connectivity index (χ0) is 19.2. The first-order chi connectivity index (χ1) is 13.1. The lowest BCUT2D eigenvalue weighted by molar-refractivity contribution is 0.210. The number of anilines is 3. The van der Waals surface area contributed by atoms with Gasteiger partial charge in [0.15, 0.2) is 0 Å². The average Bonchev–Trinajstić information content (AvgIpc) is 2.69. The first-order valence-electron chi connectivity index (χ1n) is 9.02. The number of benzene rings is 1. The number of nitrogens with zero attached hydrogens (tertiary/aromatic N) is 4. The zero-order valence-electron chi connectivity index (χ0n) is 16.0. The zero-order valence-corrected chi connectivity index (χ0v) is 16.0. The van der Waals surface area contributed by atoms with Crippen molar-refractivity contribution < 1.29 is 9.53 Å². The molecular weight excluding hydrogens is 344 g/mol. The molecule has 0 radical (unpaired) electrons. The summed E-state index contributed by atoms with van der Waals surface area (Å²) in [5.41, 5.74) is 0.856. The average molecular weight is 370 g/mol. The Labute approximate surface area is 159 Å². The molecule has 0 aliphatic carbocycles. The fourth-order valence-electron chi connectivity index (χ4n) is 2.98. The summed E-state index contributed by atoms with van der Waals surface area (Å²) in [7, 11) is 5.14. The van der Waals surface area contributed by atoms with Crippen LogP contribution in [-0.2, 0) is 0 Å². The molecule has 1 aliphatic rings. The number of aromatic nitrogens is 2. The van der Waals surface area contributed by atoms with E-state index in [4.69, 9.17) is 4.74 Å². The van der Waals surface area contributed by atoms with Crippen LogP contribution in [0, 0.1) is 0 Å². The van der Waals surface area contributed by atoms with Gasteiger partial charge in [-0.05, 0) is 31.0 Å². The van der Waals surface area contributed by atoms with Gasteiger partial charge in [-0.2, -0.15) is 4.98 Å². The van der Waals surface area contributed by atoms with Gasteiger partial charge in [-0.15, -0.1) is 0 Å². The predicted molar refractivity (Wildman–Crippen MR) is 106 cm³/mol. The number of amides is 2. The number of carbonyl (C=O) groups is 1. The Balaban J connectivity index is 1.62. The Hall–Kier alpha value is -3.03. The first kappa shape index (κ1) is 18.8. The molecule has 0 spiro atoms. The van der Waals surface area contributed by atoms with Crippen LogP contribution in [0.25, 0.3) is 0 Å². The van der Waals surface area contributed by atoms with Crippen molar-refractivity contribution in [3.63, 3.8) is 0 Å². The van der Waals surface area contributed by atoms with Crippen molar-refractivity contribution in [2.24, 2.45) is 0 Å². The van der Waals surface area contributed by atoms with Gasteiger partial charge >= 0.3 is 6.03 Å². The summed E-state index contributed by atoms with van der Waals surface area (Å²) in [6.07, 6.45) is 3.49. The smallest absolute Gasteiger partial charge is 0.317 e. The Morgan fingerprint density at radius 3 is 2.67 bits per heavy atom. The summed E-state index contributed by atoms with van der Waals surface area (Å²) in [5.74, 6) is 2.16. The molecule has 2 heterocycles. The third kappa shape index (κ3) is 4.78. The fraction of sp³-hybridized carbons (Fsp3) is 0.421. The van der Waals surface area contributed by atoms with Gasteiger partial charge in [0.05, 0.1) is 12.8 Å². The Kier molecular flexibility index (Phi) is 5.95. The van der Waals surface area contributed by atoms with Gasteiger partial charge in [-0.25, -0.2) is 9.78 Å². The Bertz CT molecular complexity index is 774. The van der Waals surface area contributed by atoms with E-state index in [0.29, 0.717) is 11.8 Å². The van der Waals surface area contributed by atoms with Gasteiger partial charge in [0.25, 0.3) is 0 Å². The van der Waals surface area contributed by atoms with E-state index in [2.05, 4.69) is 25.5 Å². The summed E-state index contributed by atoms with van der Waals surface area (Å²) in [4.78, 5) is 24.5. The van der Waals surface area contributed by atoms with Gasteiger partial charge in [0, 0.05) is 39.4 Å². The number of rotatable bonds is 5. The maximum absolute atomic E-state index is 11.8. The monoisotopic (exact) mass is 370 g/mol. The standard InChI is InChI=1S/C19H26N6O2/c1-24(2)19(26)21-14-9-12-25(13-10-14)18-20-11-8-17(23-18)22-15-6-4-5-7-16(15)27-3/h4-8,11,14H,9-10,12-13H2,1-3H3,(H,21,26)(H,20,22,23). The molecule has 8 heteroatoms. The fourth-order valence-corrected chi connectivity index (χ4v) is 2.98. The molecule has 3 rings (SSSR count). The molecule has 144 valence electrons. The third-order valence-electron chi connectivity index (χ3n) is 4.52. The highest BCUT2D eigenvalue weighted by molar-refractivity contribution is 5.73. The van der Waals surface area contributed by atoms with Crippen molar-refractivity contribution in [3.05, 3.63) is 36.5 Å². The molecule has 2 N–H and O–H groups in total. The molecule has 1 aliphatic heterocycles. The van der Waals surface area contributed by atoms with Gasteiger partial charge < -0.3 is 25.2 Å². The highest BCUT2D eigenvalue weighted by atomic mass is 16.5. The van der Waals surface area contributed by atoms with E-state index in [1.54, 1.807) is 32.3 Å². The second-order valence-corrected chi connectivity index (χ2v) is 6.67. The first-order valence-corrected chi connectivity index (χ1v) is 9.02. The number of nitrogens with one attached hydrogen (secondary N) is 2. The molecule has 0 unspecified atom stereocenters. The predicted octanol–water partition coefficient (Wildman–Crippen LogP) is 2.47. The van der Waals surface area contributed by atoms with Crippen molar-refractivity contribution in [2.75, 3.05) is 44.5 Å². The summed E-state index contributed by atoms with van der Waals surface area (Å²) >= 11 is 0. The van der Waals surface area contributed by atoms with Crippen molar-refractivity contribution in [3.8, 4) is 5.75 Å². The molecule has 0 atom stereocenters. The van der Waals surface area contributed by atoms with Crippen LogP contribution in [0.15, 0.2) is 36.5 Å². The van der Waals surface area contributed by atoms with E-state index in [1.807, 2.05) is 30.3 Å². The van der Waals surface area contributed by atoms with Crippen LogP contribution in [0.1, 0.15) is 12.8 Å². The summed E-state index contributed by atoms with van der Waals surface area (Å²) in [5, 5.41) is 6.33. The van der Waals surface area contributed by atoms with Gasteiger partial charge in [-0.3, -0.25) is 0 Å². The van der Waals surface area contributed by atoms with Crippen LogP contribution in [0.3, 0.4) is 0 Å².